The van der Waals surface area contributed by atoms with E-state index >= 15 is 0 Å². The van der Waals surface area contributed by atoms with Crippen molar-refractivity contribution >= 4 is 25.8 Å². The Balaban J connectivity index is 2.15. The van der Waals surface area contributed by atoms with Crippen LogP contribution < -0.4 is 10.5 Å². The van der Waals surface area contributed by atoms with Crippen LogP contribution in [0.5, 0.6) is 5.75 Å². The van der Waals surface area contributed by atoms with Crippen molar-refractivity contribution in [1.82, 2.24) is 0 Å². The zero-order chi connectivity index (χ0) is 15.6. The molecule has 0 aliphatic heterocycles. The van der Waals surface area contributed by atoms with Gasteiger partial charge in [0.1, 0.15) is 15.6 Å². The molecule has 2 unspecified atom stereocenters. The highest BCUT2D eigenvalue weighted by molar-refractivity contribution is 9.10. The van der Waals surface area contributed by atoms with E-state index < -0.39 is 9.84 Å². The molecule has 0 bridgehead atoms. The van der Waals surface area contributed by atoms with Crippen molar-refractivity contribution < 1.29 is 13.2 Å². The number of hydrogen-bond acceptors (Lipinski definition) is 4. The first-order valence-corrected chi connectivity index (χ1v) is 9.92. The summed E-state index contributed by atoms with van der Waals surface area (Å²) in [6, 6.07) is 5.63. The predicted octanol–water partition coefficient (Wildman–Crippen LogP) is 3.20. The average Bonchev–Trinajstić information content (AvgIpc) is 2.40. The Kier molecular flexibility index (Phi) is 5.33. The first kappa shape index (κ1) is 16.8. The molecule has 0 heterocycles. The van der Waals surface area contributed by atoms with Crippen molar-refractivity contribution in [1.29, 1.82) is 0 Å². The highest BCUT2D eigenvalue weighted by Crippen LogP contribution is 2.32. The van der Waals surface area contributed by atoms with Gasteiger partial charge in [0.15, 0.2) is 0 Å². The molecular weight excluding hydrogens is 354 g/mol. The minimum Gasteiger partial charge on any atom is -0.490 e. The van der Waals surface area contributed by atoms with Crippen molar-refractivity contribution in [3.05, 3.63) is 28.2 Å². The third kappa shape index (κ3) is 4.44. The zero-order valence-corrected chi connectivity index (χ0v) is 14.8. The molecule has 0 amide bonds. The Bertz CT molecular complexity index is 601. The predicted molar refractivity (Wildman–Crippen MR) is 88.3 cm³/mol. The minimum atomic E-state index is -3.00. The molecule has 1 aliphatic rings. The molecule has 2 N–H and O–H groups in total. The van der Waals surface area contributed by atoms with Crippen LogP contribution in [0.4, 0.5) is 0 Å². The lowest BCUT2D eigenvalue weighted by molar-refractivity contribution is 0.154. The Hall–Kier alpha value is -0.590. The molecule has 0 saturated heterocycles. The van der Waals surface area contributed by atoms with Gasteiger partial charge in [0.25, 0.3) is 0 Å². The topological polar surface area (TPSA) is 69.4 Å². The molecule has 1 saturated carbocycles. The molecule has 1 aromatic carbocycles. The maximum absolute atomic E-state index is 11.7. The van der Waals surface area contributed by atoms with Crippen LogP contribution in [0.3, 0.4) is 0 Å². The second kappa shape index (κ2) is 6.67. The standard InChI is InChI=1S/C15H22BrNO3S/c1-10(17)14-8-11(16)6-7-15(14)20-12-4-3-5-13(9-12)21(2,18)19/h6-8,10,12-13H,3-5,9,17H2,1-2H3/t10-,12?,13?/m1/s1. The summed E-state index contributed by atoms with van der Waals surface area (Å²) in [4.78, 5) is 0. The van der Waals surface area contributed by atoms with E-state index in [0.29, 0.717) is 6.42 Å². The summed E-state index contributed by atoms with van der Waals surface area (Å²) in [5.41, 5.74) is 6.92. The van der Waals surface area contributed by atoms with Crippen molar-refractivity contribution in [3.63, 3.8) is 0 Å². The highest BCUT2D eigenvalue weighted by atomic mass is 79.9. The second-order valence-corrected chi connectivity index (χ2v) is 9.07. The Morgan fingerprint density at radius 3 is 2.71 bits per heavy atom. The maximum Gasteiger partial charge on any atom is 0.150 e. The summed E-state index contributed by atoms with van der Waals surface area (Å²) < 4.78 is 30.5. The second-order valence-electron chi connectivity index (χ2n) is 5.83. The van der Waals surface area contributed by atoms with Gasteiger partial charge in [-0.1, -0.05) is 15.9 Å². The van der Waals surface area contributed by atoms with Gasteiger partial charge >= 0.3 is 0 Å². The van der Waals surface area contributed by atoms with Crippen LogP contribution in [-0.4, -0.2) is 26.0 Å². The maximum atomic E-state index is 11.7. The number of rotatable bonds is 4. The lowest BCUT2D eigenvalue weighted by atomic mass is 9.97. The van der Waals surface area contributed by atoms with Gasteiger partial charge in [-0.25, -0.2) is 8.42 Å². The number of hydrogen-bond donors (Lipinski definition) is 1. The van der Waals surface area contributed by atoms with Gasteiger partial charge in [-0.05, 0) is 44.4 Å². The van der Waals surface area contributed by atoms with Gasteiger partial charge in [0, 0.05) is 28.8 Å². The fourth-order valence-electron chi connectivity index (χ4n) is 2.76. The number of nitrogens with two attached hydrogens (primary N) is 1. The molecule has 0 aromatic heterocycles. The summed E-state index contributed by atoms with van der Waals surface area (Å²) in [6.45, 7) is 1.91. The van der Waals surface area contributed by atoms with Crippen LogP contribution in [-0.2, 0) is 9.84 Å². The number of halogens is 1. The molecule has 0 spiro atoms. The summed E-state index contributed by atoms with van der Waals surface area (Å²) in [5, 5.41) is -0.287. The van der Waals surface area contributed by atoms with Crippen LogP contribution in [0, 0.1) is 0 Å². The quantitative estimate of drug-likeness (QED) is 0.876. The first-order valence-electron chi connectivity index (χ1n) is 7.18. The zero-order valence-electron chi connectivity index (χ0n) is 12.4. The first-order chi connectivity index (χ1) is 9.77. The molecule has 118 valence electrons. The smallest absolute Gasteiger partial charge is 0.150 e. The van der Waals surface area contributed by atoms with Gasteiger partial charge in [0.2, 0.25) is 0 Å². The summed E-state index contributed by atoms with van der Waals surface area (Å²) in [5.74, 6) is 0.757. The van der Waals surface area contributed by atoms with E-state index in [1.165, 1.54) is 6.26 Å². The fourth-order valence-corrected chi connectivity index (χ4v) is 4.30. The Morgan fingerprint density at radius 1 is 1.38 bits per heavy atom. The normalized spacial score (nSPS) is 24.6. The van der Waals surface area contributed by atoms with Crippen LogP contribution in [0.25, 0.3) is 0 Å². The fraction of sp³-hybridized carbons (Fsp3) is 0.600. The van der Waals surface area contributed by atoms with Crippen molar-refractivity contribution in [2.45, 2.75) is 50.0 Å². The van der Waals surface area contributed by atoms with E-state index in [1.807, 2.05) is 25.1 Å². The van der Waals surface area contributed by atoms with Gasteiger partial charge in [-0.15, -0.1) is 0 Å². The van der Waals surface area contributed by atoms with E-state index in [0.717, 1.165) is 35.0 Å². The highest BCUT2D eigenvalue weighted by Gasteiger charge is 2.30. The van der Waals surface area contributed by atoms with Gasteiger partial charge in [0.05, 0.1) is 11.4 Å². The molecular formula is C15H22BrNO3S. The molecule has 1 fully saturated rings. The summed E-state index contributed by atoms with van der Waals surface area (Å²) in [6.07, 6.45) is 4.32. The third-order valence-electron chi connectivity index (χ3n) is 3.94. The van der Waals surface area contributed by atoms with Gasteiger partial charge in [-0.3, -0.25) is 0 Å². The van der Waals surface area contributed by atoms with Crippen LogP contribution >= 0.6 is 15.9 Å². The van der Waals surface area contributed by atoms with Crippen LogP contribution in [0.2, 0.25) is 0 Å². The molecule has 1 aromatic rings. The van der Waals surface area contributed by atoms with Crippen molar-refractivity contribution in [2.24, 2.45) is 5.73 Å². The van der Waals surface area contributed by atoms with Crippen LogP contribution in [0.1, 0.15) is 44.2 Å². The SMILES string of the molecule is C[C@@H](N)c1cc(Br)ccc1OC1CCCC(S(C)(=O)=O)C1. The van der Waals surface area contributed by atoms with E-state index in [2.05, 4.69) is 15.9 Å². The van der Waals surface area contributed by atoms with Crippen LogP contribution in [0.15, 0.2) is 22.7 Å². The molecule has 6 heteroatoms. The summed E-state index contributed by atoms with van der Waals surface area (Å²) >= 11 is 3.44. The van der Waals surface area contributed by atoms with E-state index in [-0.39, 0.29) is 17.4 Å². The van der Waals surface area contributed by atoms with Crippen molar-refractivity contribution in [3.8, 4) is 5.75 Å². The lowest BCUT2D eigenvalue weighted by Gasteiger charge is -2.29. The van der Waals surface area contributed by atoms with E-state index in [4.69, 9.17) is 10.5 Å². The molecule has 0 radical (unpaired) electrons. The molecule has 2 rings (SSSR count). The lowest BCUT2D eigenvalue weighted by Crippen LogP contribution is -2.33. The van der Waals surface area contributed by atoms with E-state index in [9.17, 15) is 8.42 Å². The van der Waals surface area contributed by atoms with Gasteiger partial charge < -0.3 is 10.5 Å². The van der Waals surface area contributed by atoms with Crippen molar-refractivity contribution in [2.75, 3.05) is 6.26 Å². The molecule has 21 heavy (non-hydrogen) atoms. The molecule has 4 nitrogen and oxygen atoms in total. The Labute approximate surface area is 135 Å². The largest absolute Gasteiger partial charge is 0.490 e. The number of sulfone groups is 1. The average molecular weight is 376 g/mol. The van der Waals surface area contributed by atoms with E-state index in [1.54, 1.807) is 0 Å². The van der Waals surface area contributed by atoms with Gasteiger partial charge in [-0.2, -0.15) is 0 Å². The third-order valence-corrected chi connectivity index (χ3v) is 6.07. The Morgan fingerprint density at radius 2 is 2.10 bits per heavy atom. The molecule has 3 atom stereocenters. The monoisotopic (exact) mass is 375 g/mol. The number of ether oxygens (including phenoxy) is 1. The number of benzene rings is 1. The summed E-state index contributed by atoms with van der Waals surface area (Å²) in [7, 11) is -3.00. The molecule has 1 aliphatic carbocycles. The minimum absolute atomic E-state index is 0.0582.